The van der Waals surface area contributed by atoms with E-state index >= 15 is 0 Å². The van der Waals surface area contributed by atoms with Crippen LogP contribution in [0.25, 0.3) is 0 Å². The van der Waals surface area contributed by atoms with Crippen molar-refractivity contribution in [1.29, 1.82) is 0 Å². The normalized spacial score (nSPS) is 20.5. The van der Waals surface area contributed by atoms with Crippen LogP contribution in [0.1, 0.15) is 25.7 Å². The highest BCUT2D eigenvalue weighted by Crippen LogP contribution is 2.34. The van der Waals surface area contributed by atoms with Gasteiger partial charge in [0.05, 0.1) is 17.1 Å². The second-order valence-corrected chi connectivity index (χ2v) is 7.66. The SMILES string of the molecule is CN1CCOc2ccc(S(=O)(=O)N3CCCCCC3)cc21. The number of anilines is 1. The fraction of sp³-hybridized carbons (Fsp3) is 0.600. The van der Waals surface area contributed by atoms with Crippen LogP contribution in [0.4, 0.5) is 5.69 Å². The van der Waals surface area contributed by atoms with Crippen molar-refractivity contribution in [2.75, 3.05) is 38.2 Å². The van der Waals surface area contributed by atoms with Gasteiger partial charge in [0.2, 0.25) is 10.0 Å². The second-order valence-electron chi connectivity index (χ2n) is 5.72. The molecule has 2 aliphatic heterocycles. The summed E-state index contributed by atoms with van der Waals surface area (Å²) in [6.45, 7) is 2.68. The number of hydrogen-bond donors (Lipinski definition) is 0. The van der Waals surface area contributed by atoms with Crippen LogP contribution in [0.5, 0.6) is 5.75 Å². The van der Waals surface area contributed by atoms with Crippen LogP contribution >= 0.6 is 0 Å². The molecule has 2 aliphatic rings. The van der Waals surface area contributed by atoms with Crippen molar-refractivity contribution >= 4 is 15.7 Å². The summed E-state index contributed by atoms with van der Waals surface area (Å²) in [4.78, 5) is 2.42. The first-order valence-corrected chi connectivity index (χ1v) is 9.01. The zero-order valence-electron chi connectivity index (χ0n) is 12.4. The van der Waals surface area contributed by atoms with E-state index in [1.54, 1.807) is 22.5 Å². The van der Waals surface area contributed by atoms with Crippen LogP contribution in [0, 0.1) is 0 Å². The lowest BCUT2D eigenvalue weighted by Gasteiger charge is -2.28. The van der Waals surface area contributed by atoms with E-state index in [-0.39, 0.29) is 0 Å². The molecule has 1 saturated heterocycles. The van der Waals surface area contributed by atoms with Crippen LogP contribution in [-0.2, 0) is 10.0 Å². The molecule has 0 aliphatic carbocycles. The third-order valence-corrected chi connectivity index (χ3v) is 6.12. The van der Waals surface area contributed by atoms with Gasteiger partial charge in [-0.05, 0) is 31.0 Å². The number of nitrogens with zero attached hydrogens (tertiary/aromatic N) is 2. The van der Waals surface area contributed by atoms with Crippen molar-refractivity contribution in [2.45, 2.75) is 30.6 Å². The van der Waals surface area contributed by atoms with Gasteiger partial charge in [-0.2, -0.15) is 4.31 Å². The number of fused-ring (bicyclic) bond motifs is 1. The van der Waals surface area contributed by atoms with E-state index in [0.717, 1.165) is 43.7 Å². The molecule has 0 aromatic heterocycles. The number of rotatable bonds is 2. The molecule has 1 aromatic carbocycles. The Labute approximate surface area is 126 Å². The fourth-order valence-corrected chi connectivity index (χ4v) is 4.46. The first kappa shape index (κ1) is 14.7. The minimum Gasteiger partial charge on any atom is -0.490 e. The molecule has 116 valence electrons. The van der Waals surface area contributed by atoms with Gasteiger partial charge in [0, 0.05) is 20.1 Å². The zero-order chi connectivity index (χ0) is 14.9. The van der Waals surface area contributed by atoms with Crippen molar-refractivity contribution in [1.82, 2.24) is 4.31 Å². The van der Waals surface area contributed by atoms with Crippen molar-refractivity contribution in [3.63, 3.8) is 0 Å². The standard InChI is InChI=1S/C15H22N2O3S/c1-16-10-11-20-15-7-6-13(12-14(15)16)21(18,19)17-8-4-2-3-5-9-17/h6-7,12H,2-5,8-11H2,1H3. The fourth-order valence-electron chi connectivity index (χ4n) is 2.92. The molecule has 0 amide bonds. The van der Waals surface area contributed by atoms with Crippen LogP contribution in [0.3, 0.4) is 0 Å². The molecule has 3 rings (SSSR count). The summed E-state index contributed by atoms with van der Waals surface area (Å²) in [7, 11) is -1.43. The summed E-state index contributed by atoms with van der Waals surface area (Å²) < 4.78 is 32.8. The molecule has 21 heavy (non-hydrogen) atoms. The van der Waals surface area contributed by atoms with Crippen molar-refractivity contribution < 1.29 is 13.2 Å². The molecular formula is C15H22N2O3S. The maximum Gasteiger partial charge on any atom is 0.243 e. The predicted molar refractivity (Wildman–Crippen MR) is 82.4 cm³/mol. The summed E-state index contributed by atoms with van der Waals surface area (Å²) in [6.07, 6.45) is 4.14. The summed E-state index contributed by atoms with van der Waals surface area (Å²) >= 11 is 0. The third kappa shape index (κ3) is 2.87. The molecule has 0 unspecified atom stereocenters. The van der Waals surface area contributed by atoms with E-state index in [0.29, 0.717) is 24.6 Å². The topological polar surface area (TPSA) is 49.9 Å². The summed E-state index contributed by atoms with van der Waals surface area (Å²) in [6, 6.07) is 5.18. The van der Waals surface area contributed by atoms with Gasteiger partial charge >= 0.3 is 0 Å². The molecule has 1 fully saturated rings. The maximum absolute atomic E-state index is 12.8. The quantitative estimate of drug-likeness (QED) is 0.839. The molecule has 6 heteroatoms. The molecule has 0 saturated carbocycles. The second kappa shape index (κ2) is 5.85. The Morgan fingerprint density at radius 3 is 2.48 bits per heavy atom. The van der Waals surface area contributed by atoms with Crippen LogP contribution in [-0.4, -0.2) is 46.0 Å². The lowest BCUT2D eigenvalue weighted by molar-refractivity contribution is 0.311. The van der Waals surface area contributed by atoms with Crippen molar-refractivity contribution in [3.05, 3.63) is 18.2 Å². The van der Waals surface area contributed by atoms with E-state index < -0.39 is 10.0 Å². The van der Waals surface area contributed by atoms with E-state index in [9.17, 15) is 8.42 Å². The molecular weight excluding hydrogens is 288 g/mol. The first-order chi connectivity index (χ1) is 10.1. The molecule has 0 radical (unpaired) electrons. The van der Waals surface area contributed by atoms with E-state index in [1.165, 1.54) is 0 Å². The van der Waals surface area contributed by atoms with Crippen molar-refractivity contribution in [2.24, 2.45) is 0 Å². The van der Waals surface area contributed by atoms with Gasteiger partial charge < -0.3 is 9.64 Å². The highest BCUT2D eigenvalue weighted by Gasteiger charge is 2.27. The lowest BCUT2D eigenvalue weighted by atomic mass is 10.2. The summed E-state index contributed by atoms with van der Waals surface area (Å²) in [5.74, 6) is 0.763. The molecule has 2 heterocycles. The Morgan fingerprint density at radius 1 is 1.05 bits per heavy atom. The van der Waals surface area contributed by atoms with Gasteiger partial charge in [-0.3, -0.25) is 0 Å². The molecule has 0 atom stereocenters. The predicted octanol–water partition coefficient (Wildman–Crippen LogP) is 2.08. The minimum atomic E-state index is -3.39. The highest BCUT2D eigenvalue weighted by molar-refractivity contribution is 7.89. The van der Waals surface area contributed by atoms with Gasteiger partial charge in [0.25, 0.3) is 0 Å². The Bertz CT molecular complexity index is 607. The first-order valence-electron chi connectivity index (χ1n) is 7.57. The maximum atomic E-state index is 12.8. The van der Waals surface area contributed by atoms with Crippen molar-refractivity contribution in [3.8, 4) is 5.75 Å². The Hall–Kier alpha value is -1.27. The molecule has 1 aromatic rings. The number of benzene rings is 1. The van der Waals surface area contributed by atoms with Crippen LogP contribution in [0.15, 0.2) is 23.1 Å². The third-order valence-electron chi connectivity index (χ3n) is 4.23. The van der Waals surface area contributed by atoms with Gasteiger partial charge in [-0.15, -0.1) is 0 Å². The highest BCUT2D eigenvalue weighted by atomic mass is 32.2. The number of sulfonamides is 1. The summed E-state index contributed by atoms with van der Waals surface area (Å²) in [5.41, 5.74) is 0.858. The van der Waals surface area contributed by atoms with Gasteiger partial charge in [-0.25, -0.2) is 8.42 Å². The number of ether oxygens (including phenoxy) is 1. The Morgan fingerprint density at radius 2 is 1.76 bits per heavy atom. The minimum absolute atomic E-state index is 0.375. The van der Waals surface area contributed by atoms with Gasteiger partial charge in [0.15, 0.2) is 0 Å². The monoisotopic (exact) mass is 310 g/mol. The van der Waals surface area contributed by atoms with E-state index in [4.69, 9.17) is 4.74 Å². The van der Waals surface area contributed by atoms with Crippen LogP contribution in [0.2, 0.25) is 0 Å². The lowest BCUT2D eigenvalue weighted by Crippen LogP contribution is -2.33. The van der Waals surface area contributed by atoms with Gasteiger partial charge in [-0.1, -0.05) is 12.8 Å². The average molecular weight is 310 g/mol. The van der Waals surface area contributed by atoms with E-state index in [1.807, 2.05) is 11.9 Å². The number of likely N-dealkylation sites (N-methyl/N-ethyl adjacent to an activating group) is 1. The largest absolute Gasteiger partial charge is 0.490 e. The van der Waals surface area contributed by atoms with Gasteiger partial charge in [0.1, 0.15) is 12.4 Å². The zero-order valence-corrected chi connectivity index (χ0v) is 13.2. The molecule has 5 nitrogen and oxygen atoms in total. The molecule has 0 N–H and O–H groups in total. The van der Waals surface area contributed by atoms with Crippen LogP contribution < -0.4 is 9.64 Å². The van der Waals surface area contributed by atoms with E-state index in [2.05, 4.69) is 0 Å². The smallest absolute Gasteiger partial charge is 0.243 e. The number of hydrogen-bond acceptors (Lipinski definition) is 4. The Balaban J connectivity index is 1.93. The molecule has 0 spiro atoms. The Kier molecular flexibility index (Phi) is 4.08. The summed E-state index contributed by atoms with van der Waals surface area (Å²) in [5, 5.41) is 0. The average Bonchev–Trinajstić information content (AvgIpc) is 2.77. The molecule has 0 bridgehead atoms.